The first-order valence-corrected chi connectivity index (χ1v) is 11.7. The molecule has 2 aliphatic heterocycles. The van der Waals surface area contributed by atoms with Gasteiger partial charge in [0.1, 0.15) is 0 Å². The Labute approximate surface area is 179 Å². The highest BCUT2D eigenvalue weighted by molar-refractivity contribution is 7.84. The van der Waals surface area contributed by atoms with E-state index >= 15 is 0 Å². The van der Waals surface area contributed by atoms with Crippen LogP contribution in [0.4, 0.5) is 11.4 Å². The predicted molar refractivity (Wildman–Crippen MR) is 122 cm³/mol. The van der Waals surface area contributed by atoms with Crippen molar-refractivity contribution < 1.29 is 13.7 Å². The molecule has 0 radical (unpaired) electrons. The Morgan fingerprint density at radius 3 is 2.67 bits per heavy atom. The molecule has 30 heavy (non-hydrogen) atoms. The zero-order valence-electron chi connectivity index (χ0n) is 17.2. The molecule has 1 fully saturated rings. The number of benzene rings is 2. The van der Waals surface area contributed by atoms with E-state index in [-0.39, 0.29) is 11.2 Å². The maximum Gasteiger partial charge on any atom is 0.255 e. The molecule has 2 aromatic carbocycles. The van der Waals surface area contributed by atoms with Crippen molar-refractivity contribution >= 4 is 33.8 Å². The number of amides is 1. The van der Waals surface area contributed by atoms with E-state index in [1.807, 2.05) is 60.5 Å². The summed E-state index contributed by atoms with van der Waals surface area (Å²) in [5.74, 6) is 0.337. The maximum atomic E-state index is 12.7. The van der Waals surface area contributed by atoms with Gasteiger partial charge in [-0.25, -0.2) is 0 Å². The Morgan fingerprint density at radius 2 is 1.97 bits per heavy atom. The summed E-state index contributed by atoms with van der Waals surface area (Å²) >= 11 is 0. The van der Waals surface area contributed by atoms with Gasteiger partial charge in [0.15, 0.2) is 0 Å². The summed E-state index contributed by atoms with van der Waals surface area (Å²) in [5, 5.41) is 9.59. The van der Waals surface area contributed by atoms with Crippen LogP contribution in [0.15, 0.2) is 53.6 Å². The average molecular weight is 426 g/mol. The molecular formula is C23H27N3O3S. The fourth-order valence-electron chi connectivity index (χ4n) is 3.71. The predicted octanol–water partition coefficient (Wildman–Crippen LogP) is 3.95. The van der Waals surface area contributed by atoms with Crippen molar-refractivity contribution in [1.82, 2.24) is 0 Å². The van der Waals surface area contributed by atoms with Gasteiger partial charge < -0.3 is 10.1 Å². The van der Waals surface area contributed by atoms with E-state index in [0.717, 1.165) is 42.8 Å². The van der Waals surface area contributed by atoms with Gasteiger partial charge in [-0.1, -0.05) is 12.1 Å². The molecule has 1 N–H and O–H groups in total. The summed E-state index contributed by atoms with van der Waals surface area (Å²) in [4.78, 5) is 12.7. The molecule has 0 bridgehead atoms. The summed E-state index contributed by atoms with van der Waals surface area (Å²) in [6, 6.07) is 15.1. The van der Waals surface area contributed by atoms with Gasteiger partial charge >= 0.3 is 0 Å². The lowest BCUT2D eigenvalue weighted by molar-refractivity contribution is 0.0991. The molecule has 4 rings (SSSR count). The van der Waals surface area contributed by atoms with Gasteiger partial charge in [0.25, 0.3) is 5.91 Å². The number of carbonyl (C=O) groups is 1. The summed E-state index contributed by atoms with van der Waals surface area (Å²) in [7, 11) is -0.929. The van der Waals surface area contributed by atoms with Gasteiger partial charge in [-0.15, -0.1) is 0 Å². The van der Waals surface area contributed by atoms with Crippen LogP contribution in [0.3, 0.4) is 0 Å². The molecule has 158 valence electrons. The lowest BCUT2D eigenvalue weighted by atomic mass is 10.1. The number of hydrazone groups is 1. The van der Waals surface area contributed by atoms with Crippen LogP contribution in [0.2, 0.25) is 0 Å². The van der Waals surface area contributed by atoms with Gasteiger partial charge in [-0.2, -0.15) is 5.10 Å². The van der Waals surface area contributed by atoms with Crippen molar-refractivity contribution in [1.29, 1.82) is 0 Å². The Kier molecular flexibility index (Phi) is 6.59. The summed E-state index contributed by atoms with van der Waals surface area (Å²) in [6.45, 7) is 4.28. The molecule has 0 spiro atoms. The van der Waals surface area contributed by atoms with Gasteiger partial charge in [0.05, 0.1) is 5.69 Å². The first-order valence-electron chi connectivity index (χ1n) is 10.4. The van der Waals surface area contributed by atoms with Crippen molar-refractivity contribution in [3.63, 3.8) is 0 Å². The lowest BCUT2D eigenvalue weighted by Gasteiger charge is -2.21. The normalized spacial score (nSPS) is 18.2. The van der Waals surface area contributed by atoms with Crippen molar-refractivity contribution in [2.24, 2.45) is 5.10 Å². The van der Waals surface area contributed by atoms with Crippen molar-refractivity contribution in [2.75, 3.05) is 30.1 Å². The first-order chi connectivity index (χ1) is 14.6. The molecule has 0 saturated carbocycles. The number of nitrogens with one attached hydrogen (secondary N) is 1. The second-order valence-electron chi connectivity index (χ2n) is 7.75. The van der Waals surface area contributed by atoms with Crippen LogP contribution in [0.1, 0.15) is 42.1 Å². The summed E-state index contributed by atoms with van der Waals surface area (Å²) in [6.07, 6.45) is 2.67. The van der Waals surface area contributed by atoms with Gasteiger partial charge in [-0.05, 0) is 61.7 Å². The molecule has 0 aromatic heterocycles. The first kappa shape index (κ1) is 20.8. The fourth-order valence-corrected chi connectivity index (χ4v) is 5.17. The molecule has 1 saturated heterocycles. The van der Waals surface area contributed by atoms with Gasteiger partial charge in [0, 0.05) is 64.9 Å². The molecule has 1 unspecified atom stereocenters. The molecule has 2 aromatic rings. The van der Waals surface area contributed by atoms with Crippen LogP contribution in [-0.2, 0) is 21.3 Å². The smallest absolute Gasteiger partial charge is 0.255 e. The highest BCUT2D eigenvalue weighted by Gasteiger charge is 2.20. The van der Waals surface area contributed by atoms with Crippen LogP contribution in [0.5, 0.6) is 0 Å². The third-order valence-corrected chi connectivity index (χ3v) is 7.27. The van der Waals surface area contributed by atoms with Crippen molar-refractivity contribution in [3.8, 4) is 0 Å². The number of anilines is 2. The van der Waals surface area contributed by atoms with E-state index < -0.39 is 10.8 Å². The van der Waals surface area contributed by atoms with E-state index in [0.29, 0.717) is 30.2 Å². The van der Waals surface area contributed by atoms with Crippen LogP contribution >= 0.6 is 0 Å². The molecule has 2 aliphatic rings. The van der Waals surface area contributed by atoms with Gasteiger partial charge in [0.2, 0.25) is 0 Å². The monoisotopic (exact) mass is 425 g/mol. The number of nitrogens with zero attached hydrogens (tertiary/aromatic N) is 2. The molecule has 6 nitrogen and oxygen atoms in total. The lowest BCUT2D eigenvalue weighted by Crippen LogP contribution is -2.25. The van der Waals surface area contributed by atoms with Crippen LogP contribution in [0.25, 0.3) is 0 Å². The van der Waals surface area contributed by atoms with E-state index in [4.69, 9.17) is 4.74 Å². The third-order valence-electron chi connectivity index (χ3n) is 5.44. The standard InChI is InChI=1S/C23H27N3O3S/c1-17-9-12-26(25-17)21-7-5-19(6-8-21)23(27)24-20-4-2-3-18(15-20)16-30(28)22-10-13-29-14-11-22/h2-8,15,22H,9-14,16H2,1H3,(H,24,27). The highest BCUT2D eigenvalue weighted by Crippen LogP contribution is 2.22. The van der Waals surface area contributed by atoms with Crippen molar-refractivity contribution in [3.05, 3.63) is 59.7 Å². The van der Waals surface area contributed by atoms with E-state index in [2.05, 4.69) is 10.4 Å². The van der Waals surface area contributed by atoms with Crippen molar-refractivity contribution in [2.45, 2.75) is 37.2 Å². The average Bonchev–Trinajstić information content (AvgIpc) is 3.21. The van der Waals surface area contributed by atoms with E-state index in [1.54, 1.807) is 0 Å². The maximum absolute atomic E-state index is 12.7. The zero-order valence-corrected chi connectivity index (χ0v) is 18.0. The topological polar surface area (TPSA) is 71.0 Å². The number of hydrogen-bond acceptors (Lipinski definition) is 5. The number of hydrogen-bond donors (Lipinski definition) is 1. The Bertz CT molecular complexity index is 952. The Hall–Kier alpha value is -2.51. The second kappa shape index (κ2) is 9.53. The van der Waals surface area contributed by atoms with Crippen LogP contribution < -0.4 is 10.3 Å². The minimum Gasteiger partial charge on any atom is -0.381 e. The molecule has 7 heteroatoms. The third kappa shape index (κ3) is 5.15. The Morgan fingerprint density at radius 1 is 1.20 bits per heavy atom. The molecule has 1 amide bonds. The van der Waals surface area contributed by atoms with Crippen LogP contribution in [0, 0.1) is 0 Å². The largest absolute Gasteiger partial charge is 0.381 e. The minimum absolute atomic E-state index is 0.162. The van der Waals surface area contributed by atoms with Crippen LogP contribution in [-0.4, -0.2) is 40.8 Å². The number of rotatable bonds is 6. The number of ether oxygens (including phenoxy) is 1. The summed E-state index contributed by atoms with van der Waals surface area (Å²) in [5.41, 5.74) is 4.38. The molecular weight excluding hydrogens is 398 g/mol. The van der Waals surface area contributed by atoms with E-state index in [1.165, 1.54) is 0 Å². The quantitative estimate of drug-likeness (QED) is 0.761. The highest BCUT2D eigenvalue weighted by atomic mass is 32.2. The minimum atomic E-state index is -0.929. The second-order valence-corrected chi connectivity index (χ2v) is 9.46. The zero-order chi connectivity index (χ0) is 20.9. The van der Waals surface area contributed by atoms with E-state index in [9.17, 15) is 9.00 Å². The number of carbonyl (C=O) groups excluding carboxylic acids is 1. The Balaban J connectivity index is 1.37. The summed E-state index contributed by atoms with van der Waals surface area (Å²) < 4.78 is 18.0. The fraction of sp³-hybridized carbons (Fsp3) is 0.391. The van der Waals surface area contributed by atoms with Gasteiger partial charge in [-0.3, -0.25) is 14.0 Å². The molecule has 0 aliphatic carbocycles. The molecule has 1 atom stereocenters. The molecule has 2 heterocycles. The SMILES string of the molecule is CC1=NN(c2ccc(C(=O)Nc3cccc(CS(=O)C4CCOCC4)c3)cc2)CC1.